The Morgan fingerprint density at radius 1 is 1.00 bits per heavy atom. The number of carbonyl (C=O) groups excluding carboxylic acids is 1. The summed E-state index contributed by atoms with van der Waals surface area (Å²) < 4.78 is 0. The Labute approximate surface area is 221 Å². The fraction of sp³-hybridized carbons (Fsp3) is 0.200. The molecule has 3 aromatic carbocycles. The van der Waals surface area contributed by atoms with Gasteiger partial charge >= 0.3 is 0 Å². The van der Waals surface area contributed by atoms with Gasteiger partial charge in [0.1, 0.15) is 0 Å². The lowest BCUT2D eigenvalue weighted by Crippen LogP contribution is -2.43. The summed E-state index contributed by atoms with van der Waals surface area (Å²) in [7, 11) is 2.17. The molecule has 0 atom stereocenters. The van der Waals surface area contributed by atoms with Crippen LogP contribution in [0.25, 0.3) is 22.2 Å². The van der Waals surface area contributed by atoms with E-state index in [0.29, 0.717) is 10.6 Å². The van der Waals surface area contributed by atoms with E-state index >= 15 is 0 Å². The lowest BCUT2D eigenvalue weighted by atomic mass is 9.99. The highest BCUT2D eigenvalue weighted by atomic mass is 35.5. The molecule has 186 valence electrons. The van der Waals surface area contributed by atoms with E-state index in [1.165, 1.54) is 5.56 Å². The van der Waals surface area contributed by atoms with Gasteiger partial charge in [0.2, 0.25) is 0 Å². The summed E-state index contributed by atoms with van der Waals surface area (Å²) in [5.74, 6) is -0.155. The summed E-state index contributed by atoms with van der Waals surface area (Å²) in [6, 6.07) is 24.0. The number of nitrogens with one attached hydrogen (secondary N) is 2. The van der Waals surface area contributed by atoms with Crippen molar-refractivity contribution >= 4 is 51.1 Å². The molecule has 2 aliphatic rings. The predicted octanol–water partition coefficient (Wildman–Crippen LogP) is 5.57. The van der Waals surface area contributed by atoms with E-state index in [9.17, 15) is 4.79 Å². The second-order valence-electron chi connectivity index (χ2n) is 9.71. The van der Waals surface area contributed by atoms with Gasteiger partial charge in [0, 0.05) is 60.6 Å². The molecule has 0 spiro atoms. The van der Waals surface area contributed by atoms with Crippen LogP contribution in [0.2, 0.25) is 5.02 Å². The average molecular weight is 510 g/mol. The number of aromatic nitrogens is 1. The molecular weight excluding hydrogens is 482 g/mol. The first kappa shape index (κ1) is 23.7. The van der Waals surface area contributed by atoms with Crippen LogP contribution in [0.4, 0.5) is 11.4 Å². The molecule has 37 heavy (non-hydrogen) atoms. The van der Waals surface area contributed by atoms with Crippen molar-refractivity contribution in [2.24, 2.45) is 0 Å². The lowest BCUT2D eigenvalue weighted by molar-refractivity contribution is -0.110. The van der Waals surface area contributed by atoms with Crippen molar-refractivity contribution in [3.05, 3.63) is 101 Å². The maximum atomic E-state index is 13.2. The van der Waals surface area contributed by atoms with Crippen LogP contribution in [-0.2, 0) is 11.3 Å². The van der Waals surface area contributed by atoms with Gasteiger partial charge in [-0.15, -0.1) is 0 Å². The minimum atomic E-state index is -0.155. The highest BCUT2D eigenvalue weighted by molar-refractivity contribution is 6.38. The molecule has 2 aliphatic heterocycles. The second kappa shape index (κ2) is 9.98. The Hall–Kier alpha value is -3.71. The van der Waals surface area contributed by atoms with Crippen LogP contribution in [0.1, 0.15) is 16.7 Å². The normalized spacial score (nSPS) is 17.5. The molecular formula is C30H28ClN5O. The van der Waals surface area contributed by atoms with Gasteiger partial charge in [0.25, 0.3) is 5.91 Å². The second-order valence-corrected chi connectivity index (χ2v) is 10.1. The summed E-state index contributed by atoms with van der Waals surface area (Å²) in [6.07, 6.45) is 1.79. The van der Waals surface area contributed by atoms with E-state index in [2.05, 4.69) is 62.8 Å². The zero-order valence-electron chi connectivity index (χ0n) is 20.7. The van der Waals surface area contributed by atoms with Crippen LogP contribution < -0.4 is 10.6 Å². The van der Waals surface area contributed by atoms with Crippen molar-refractivity contribution in [2.75, 3.05) is 43.9 Å². The first-order valence-electron chi connectivity index (χ1n) is 12.5. The molecule has 4 aromatic rings. The van der Waals surface area contributed by atoms with Crippen LogP contribution >= 0.6 is 11.6 Å². The number of benzene rings is 3. The molecule has 0 bridgehead atoms. The number of carbonyl (C=O) groups is 1. The van der Waals surface area contributed by atoms with Crippen LogP contribution in [0.5, 0.6) is 0 Å². The smallest absolute Gasteiger partial charge is 0.258 e. The van der Waals surface area contributed by atoms with E-state index in [4.69, 9.17) is 11.6 Å². The van der Waals surface area contributed by atoms with E-state index in [-0.39, 0.29) is 5.91 Å². The maximum absolute atomic E-state index is 13.2. The molecule has 1 amide bonds. The predicted molar refractivity (Wildman–Crippen MR) is 151 cm³/mol. The van der Waals surface area contributed by atoms with Gasteiger partial charge in [-0.1, -0.05) is 41.9 Å². The van der Waals surface area contributed by atoms with E-state index < -0.39 is 0 Å². The number of hydrogen-bond donors (Lipinski definition) is 2. The summed E-state index contributed by atoms with van der Waals surface area (Å²) in [6.45, 7) is 5.32. The minimum absolute atomic E-state index is 0.155. The fourth-order valence-electron chi connectivity index (χ4n) is 5.01. The zero-order chi connectivity index (χ0) is 25.4. The molecule has 2 N–H and O–H groups in total. The number of likely N-dealkylation sites (N-methyl/N-ethyl adjacent to an activating group) is 1. The Morgan fingerprint density at radius 3 is 2.62 bits per heavy atom. The number of rotatable bonds is 5. The number of hydrogen-bond acceptors (Lipinski definition) is 5. The third kappa shape index (κ3) is 4.96. The van der Waals surface area contributed by atoms with Gasteiger partial charge in [-0.3, -0.25) is 14.7 Å². The molecule has 1 fully saturated rings. The van der Waals surface area contributed by atoms with Crippen molar-refractivity contribution in [1.29, 1.82) is 0 Å². The van der Waals surface area contributed by atoms with E-state index in [0.717, 1.165) is 71.8 Å². The van der Waals surface area contributed by atoms with Gasteiger partial charge in [-0.25, -0.2) is 0 Å². The third-order valence-electron chi connectivity index (χ3n) is 7.09. The fourth-order valence-corrected chi connectivity index (χ4v) is 5.18. The first-order valence-corrected chi connectivity index (χ1v) is 12.9. The first-order chi connectivity index (χ1) is 18.0. The summed E-state index contributed by atoms with van der Waals surface area (Å²) >= 11 is 6.21. The number of amides is 1. The highest BCUT2D eigenvalue weighted by Gasteiger charge is 2.29. The van der Waals surface area contributed by atoms with E-state index in [1.807, 2.05) is 36.4 Å². The van der Waals surface area contributed by atoms with Crippen molar-refractivity contribution in [1.82, 2.24) is 14.8 Å². The monoisotopic (exact) mass is 509 g/mol. The van der Waals surface area contributed by atoms with E-state index in [1.54, 1.807) is 12.3 Å². The third-order valence-corrected chi connectivity index (χ3v) is 7.33. The average Bonchev–Trinajstić information content (AvgIpc) is 3.23. The number of piperazine rings is 1. The molecule has 0 saturated carbocycles. The Balaban J connectivity index is 1.36. The molecule has 3 heterocycles. The summed E-state index contributed by atoms with van der Waals surface area (Å²) in [5, 5.41) is 8.14. The molecule has 1 saturated heterocycles. The number of fused-ring (bicyclic) bond motifs is 2. The SMILES string of the molecule is CN1CCN(Cc2ccc(NC(=C3C(=O)Nc4cc(Cl)ccc43)c3ccc4ncccc4c3)cc2)CC1. The van der Waals surface area contributed by atoms with Crippen molar-refractivity contribution in [3.8, 4) is 0 Å². The van der Waals surface area contributed by atoms with Crippen molar-refractivity contribution < 1.29 is 4.79 Å². The molecule has 1 aromatic heterocycles. The van der Waals surface area contributed by atoms with Crippen LogP contribution in [0.3, 0.4) is 0 Å². The standard InChI is InChI=1S/C30H28ClN5O/c1-35-13-15-36(16-14-35)19-20-4-8-24(9-5-20)33-29(22-6-11-26-21(17-22)3-2-12-32-26)28-25-10-7-23(31)18-27(25)34-30(28)37/h2-12,17-18,33H,13-16,19H2,1H3,(H,34,37). The Morgan fingerprint density at radius 2 is 1.81 bits per heavy atom. The van der Waals surface area contributed by atoms with Gasteiger partial charge in [0.05, 0.1) is 22.5 Å². The van der Waals surface area contributed by atoms with Crippen LogP contribution in [0.15, 0.2) is 79.0 Å². The summed E-state index contributed by atoms with van der Waals surface area (Å²) in [4.78, 5) is 22.5. The van der Waals surface area contributed by atoms with Crippen LogP contribution in [0, 0.1) is 0 Å². The Kier molecular flexibility index (Phi) is 6.38. The van der Waals surface area contributed by atoms with Crippen molar-refractivity contribution in [2.45, 2.75) is 6.54 Å². The molecule has 7 heteroatoms. The van der Waals surface area contributed by atoms with Gasteiger partial charge in [-0.2, -0.15) is 0 Å². The molecule has 0 unspecified atom stereocenters. The molecule has 0 aliphatic carbocycles. The summed E-state index contributed by atoms with van der Waals surface area (Å²) in [5.41, 5.74) is 6.91. The maximum Gasteiger partial charge on any atom is 0.258 e. The highest BCUT2D eigenvalue weighted by Crippen LogP contribution is 2.39. The topological polar surface area (TPSA) is 60.5 Å². The Bertz CT molecular complexity index is 1510. The molecule has 6 nitrogen and oxygen atoms in total. The molecule has 6 rings (SSSR count). The number of pyridine rings is 1. The number of anilines is 2. The van der Waals surface area contributed by atoms with Gasteiger partial charge in [0.15, 0.2) is 0 Å². The zero-order valence-corrected chi connectivity index (χ0v) is 21.4. The largest absolute Gasteiger partial charge is 0.354 e. The van der Waals surface area contributed by atoms with Crippen LogP contribution in [-0.4, -0.2) is 53.9 Å². The van der Waals surface area contributed by atoms with Crippen molar-refractivity contribution in [3.63, 3.8) is 0 Å². The minimum Gasteiger partial charge on any atom is -0.354 e. The van der Waals surface area contributed by atoms with Gasteiger partial charge in [-0.05, 0) is 60.6 Å². The lowest BCUT2D eigenvalue weighted by Gasteiger charge is -2.32. The van der Waals surface area contributed by atoms with Gasteiger partial charge < -0.3 is 15.5 Å². The quantitative estimate of drug-likeness (QED) is 0.344. The number of nitrogens with zero attached hydrogens (tertiary/aromatic N) is 3. The molecule has 0 radical (unpaired) electrons. The number of halogens is 1.